The molecule has 120 valence electrons. The van der Waals surface area contributed by atoms with Crippen LogP contribution in [0, 0.1) is 0 Å². The van der Waals surface area contributed by atoms with Crippen molar-refractivity contribution < 1.29 is 24.8 Å². The van der Waals surface area contributed by atoms with Crippen LogP contribution in [-0.2, 0) is 14.4 Å². The molecule has 0 amide bonds. The van der Waals surface area contributed by atoms with Gasteiger partial charge < -0.3 is 9.84 Å². The average molecular weight is 290 g/mol. The first-order valence-electron chi connectivity index (χ1n) is 7.81. The molecule has 0 saturated carbocycles. The Labute approximate surface area is 122 Å². The van der Waals surface area contributed by atoms with Gasteiger partial charge in [0.25, 0.3) is 0 Å². The van der Waals surface area contributed by atoms with Crippen molar-refractivity contribution in [1.29, 1.82) is 0 Å². The first-order chi connectivity index (χ1) is 9.74. The number of aliphatic hydroxyl groups is 1. The number of unbranched alkanes of at least 4 members (excludes halogenated alkanes) is 8. The molecule has 0 aliphatic rings. The molecule has 0 bridgehead atoms. The second kappa shape index (κ2) is 14.8. The summed E-state index contributed by atoms with van der Waals surface area (Å²) >= 11 is 0. The van der Waals surface area contributed by atoms with Gasteiger partial charge in [0.05, 0.1) is 6.61 Å². The Bertz CT molecular complexity index is 220. The van der Waals surface area contributed by atoms with Gasteiger partial charge >= 0.3 is 5.97 Å². The maximum Gasteiger partial charge on any atom is 0.306 e. The second-order valence-electron chi connectivity index (χ2n) is 5.17. The van der Waals surface area contributed by atoms with Crippen molar-refractivity contribution in [2.75, 3.05) is 13.2 Å². The van der Waals surface area contributed by atoms with Crippen LogP contribution in [0.25, 0.3) is 0 Å². The van der Waals surface area contributed by atoms with Crippen LogP contribution in [0.3, 0.4) is 0 Å². The molecule has 20 heavy (non-hydrogen) atoms. The lowest BCUT2D eigenvalue weighted by Gasteiger charge is -2.13. The number of aliphatic hydroxyl groups excluding tert-OH is 1. The normalized spacial score (nSPS) is 12.3. The van der Waals surface area contributed by atoms with Crippen molar-refractivity contribution in [1.82, 2.24) is 0 Å². The lowest BCUT2D eigenvalue weighted by Crippen LogP contribution is -2.26. The Kier molecular flexibility index (Phi) is 14.3. The molecule has 0 saturated heterocycles. The highest BCUT2D eigenvalue weighted by Crippen LogP contribution is 2.11. The van der Waals surface area contributed by atoms with E-state index in [9.17, 15) is 4.79 Å². The molecule has 0 aromatic carbocycles. The number of esters is 1. The van der Waals surface area contributed by atoms with Crippen LogP contribution in [0.15, 0.2) is 0 Å². The fourth-order valence-electron chi connectivity index (χ4n) is 2.03. The quantitative estimate of drug-likeness (QED) is 0.222. The minimum Gasteiger partial charge on any atom is -0.457 e. The van der Waals surface area contributed by atoms with Crippen LogP contribution in [0.2, 0.25) is 0 Å². The van der Waals surface area contributed by atoms with Gasteiger partial charge in [-0.15, -0.1) is 0 Å². The van der Waals surface area contributed by atoms with E-state index in [0.29, 0.717) is 6.42 Å². The maximum atomic E-state index is 11.4. The van der Waals surface area contributed by atoms with Crippen LogP contribution in [0.1, 0.15) is 71.1 Å². The zero-order chi connectivity index (χ0) is 15.1. The molecule has 0 fully saturated rings. The molecule has 0 aliphatic carbocycles. The number of carbonyl (C=O) groups is 1. The maximum absolute atomic E-state index is 11.4. The monoisotopic (exact) mass is 290 g/mol. The predicted octanol–water partition coefficient (Wildman–Crippen LogP) is 3.30. The molecule has 0 aromatic heterocycles. The van der Waals surface area contributed by atoms with Crippen molar-refractivity contribution in [2.24, 2.45) is 0 Å². The SMILES string of the molecule is CCCCCCCCCCCC(=O)OC(CO)COO. The molecular formula is C15H30O5. The summed E-state index contributed by atoms with van der Waals surface area (Å²) in [5.41, 5.74) is 0. The summed E-state index contributed by atoms with van der Waals surface area (Å²) < 4.78 is 4.94. The van der Waals surface area contributed by atoms with Crippen molar-refractivity contribution >= 4 is 5.97 Å². The molecule has 1 atom stereocenters. The Hall–Kier alpha value is -0.650. The van der Waals surface area contributed by atoms with Crippen LogP contribution >= 0.6 is 0 Å². The number of rotatable bonds is 14. The largest absolute Gasteiger partial charge is 0.457 e. The lowest BCUT2D eigenvalue weighted by atomic mass is 10.1. The summed E-state index contributed by atoms with van der Waals surface area (Å²) in [5.74, 6) is -0.343. The van der Waals surface area contributed by atoms with Crippen molar-refractivity contribution in [3.8, 4) is 0 Å². The third kappa shape index (κ3) is 12.4. The van der Waals surface area contributed by atoms with Gasteiger partial charge in [-0.05, 0) is 6.42 Å². The van der Waals surface area contributed by atoms with Crippen molar-refractivity contribution in [3.05, 3.63) is 0 Å². The smallest absolute Gasteiger partial charge is 0.306 e. The molecular weight excluding hydrogens is 260 g/mol. The molecule has 0 rings (SSSR count). The predicted molar refractivity (Wildman–Crippen MR) is 77.4 cm³/mol. The van der Waals surface area contributed by atoms with E-state index < -0.39 is 6.10 Å². The number of ether oxygens (including phenoxy) is 1. The lowest BCUT2D eigenvalue weighted by molar-refractivity contribution is -0.261. The van der Waals surface area contributed by atoms with Crippen LogP contribution in [0.5, 0.6) is 0 Å². The second-order valence-corrected chi connectivity index (χ2v) is 5.17. The molecule has 0 radical (unpaired) electrons. The first-order valence-corrected chi connectivity index (χ1v) is 7.81. The summed E-state index contributed by atoms with van der Waals surface area (Å²) in [5, 5.41) is 17.1. The summed E-state index contributed by atoms with van der Waals surface area (Å²) in [6.07, 6.45) is 10.4. The van der Waals surface area contributed by atoms with Crippen molar-refractivity contribution in [2.45, 2.75) is 77.2 Å². The minimum absolute atomic E-state index is 0.194. The van der Waals surface area contributed by atoms with E-state index in [4.69, 9.17) is 15.1 Å². The van der Waals surface area contributed by atoms with Crippen molar-refractivity contribution in [3.63, 3.8) is 0 Å². The van der Waals surface area contributed by atoms with Gasteiger partial charge in [0.15, 0.2) is 6.10 Å². The van der Waals surface area contributed by atoms with Gasteiger partial charge in [-0.2, -0.15) is 0 Å². The van der Waals surface area contributed by atoms with E-state index in [-0.39, 0.29) is 19.2 Å². The Morgan fingerprint density at radius 1 is 1.00 bits per heavy atom. The fraction of sp³-hybridized carbons (Fsp3) is 0.933. The van der Waals surface area contributed by atoms with Gasteiger partial charge in [0.2, 0.25) is 0 Å². The zero-order valence-electron chi connectivity index (χ0n) is 12.7. The Morgan fingerprint density at radius 2 is 1.55 bits per heavy atom. The third-order valence-corrected chi connectivity index (χ3v) is 3.25. The number of hydrogen-bond donors (Lipinski definition) is 2. The van der Waals surface area contributed by atoms with Gasteiger partial charge in [-0.3, -0.25) is 10.1 Å². The highest BCUT2D eigenvalue weighted by molar-refractivity contribution is 5.69. The van der Waals surface area contributed by atoms with E-state index in [1.54, 1.807) is 0 Å². The van der Waals surface area contributed by atoms with Crippen LogP contribution < -0.4 is 0 Å². The first kappa shape index (κ1) is 19.4. The number of carbonyl (C=O) groups excluding carboxylic acids is 1. The fourth-order valence-corrected chi connectivity index (χ4v) is 2.03. The van der Waals surface area contributed by atoms with Gasteiger partial charge in [0, 0.05) is 6.42 Å². The van der Waals surface area contributed by atoms with E-state index in [0.717, 1.165) is 19.3 Å². The summed E-state index contributed by atoms with van der Waals surface area (Å²) in [4.78, 5) is 15.3. The summed E-state index contributed by atoms with van der Waals surface area (Å²) in [6, 6.07) is 0. The zero-order valence-corrected chi connectivity index (χ0v) is 12.7. The van der Waals surface area contributed by atoms with Gasteiger partial charge in [-0.25, -0.2) is 4.89 Å². The number of hydrogen-bond acceptors (Lipinski definition) is 5. The van der Waals surface area contributed by atoms with E-state index in [1.807, 2.05) is 0 Å². The van der Waals surface area contributed by atoms with Crippen LogP contribution in [0.4, 0.5) is 0 Å². The van der Waals surface area contributed by atoms with Gasteiger partial charge in [0.1, 0.15) is 6.61 Å². The van der Waals surface area contributed by atoms with E-state index >= 15 is 0 Å². The summed E-state index contributed by atoms with van der Waals surface area (Å²) in [7, 11) is 0. The highest BCUT2D eigenvalue weighted by Gasteiger charge is 2.13. The van der Waals surface area contributed by atoms with E-state index in [1.165, 1.54) is 38.5 Å². The Balaban J connectivity index is 3.34. The van der Waals surface area contributed by atoms with Crippen LogP contribution in [-0.4, -0.2) is 35.7 Å². The van der Waals surface area contributed by atoms with E-state index in [2.05, 4.69) is 11.8 Å². The highest BCUT2D eigenvalue weighted by atomic mass is 17.1. The molecule has 0 aliphatic heterocycles. The molecule has 1 unspecified atom stereocenters. The molecule has 0 aromatic rings. The molecule has 0 heterocycles. The van der Waals surface area contributed by atoms with Gasteiger partial charge in [-0.1, -0.05) is 58.3 Å². The molecule has 5 nitrogen and oxygen atoms in total. The molecule has 0 spiro atoms. The standard InChI is InChI=1S/C15H30O5/c1-2-3-4-5-6-7-8-9-10-11-15(17)20-14(12-16)13-19-18/h14,16,18H,2-13H2,1H3. The Morgan fingerprint density at radius 3 is 2.05 bits per heavy atom. The molecule has 2 N–H and O–H groups in total. The topological polar surface area (TPSA) is 76.0 Å². The minimum atomic E-state index is -0.772. The summed E-state index contributed by atoms with van der Waals surface area (Å²) in [6.45, 7) is 1.68. The third-order valence-electron chi connectivity index (χ3n) is 3.25. The average Bonchev–Trinajstić information content (AvgIpc) is 2.45. The molecule has 5 heteroatoms.